The Morgan fingerprint density at radius 1 is 1.38 bits per heavy atom. The van der Waals surface area contributed by atoms with E-state index in [0.29, 0.717) is 6.54 Å². The van der Waals surface area contributed by atoms with Gasteiger partial charge in [0.15, 0.2) is 0 Å². The quantitative estimate of drug-likeness (QED) is 0.892. The second kappa shape index (κ2) is 6.01. The van der Waals surface area contributed by atoms with Crippen LogP contribution < -0.4 is 5.32 Å². The van der Waals surface area contributed by atoms with Crippen LogP contribution in [0.2, 0.25) is 0 Å². The van der Waals surface area contributed by atoms with E-state index in [1.807, 2.05) is 10.3 Å². The minimum atomic E-state index is -0.735. The zero-order valence-corrected chi connectivity index (χ0v) is 12.5. The van der Waals surface area contributed by atoms with Gasteiger partial charge in [0.2, 0.25) is 0 Å². The number of nitrogens with zero attached hydrogens (tertiary/aromatic N) is 2. The van der Waals surface area contributed by atoms with Crippen molar-refractivity contribution in [2.45, 2.75) is 50.7 Å². The number of thiazole rings is 1. The minimum Gasteiger partial charge on any atom is -0.481 e. The van der Waals surface area contributed by atoms with Crippen LogP contribution in [-0.4, -0.2) is 39.1 Å². The van der Waals surface area contributed by atoms with Gasteiger partial charge in [-0.15, -0.1) is 11.3 Å². The fraction of sp³-hybridized carbons (Fsp3) is 0.643. The van der Waals surface area contributed by atoms with E-state index in [-0.39, 0.29) is 30.5 Å². The summed E-state index contributed by atoms with van der Waals surface area (Å²) in [4.78, 5) is 29.3. The van der Waals surface area contributed by atoms with Crippen LogP contribution in [0.15, 0.2) is 11.6 Å². The average Bonchev–Trinajstić information content (AvgIpc) is 3.02. The maximum absolute atomic E-state index is 12.4. The highest BCUT2D eigenvalue weighted by Gasteiger charge is 2.43. The zero-order valence-electron chi connectivity index (χ0n) is 11.7. The molecule has 2 atom stereocenters. The summed E-state index contributed by atoms with van der Waals surface area (Å²) in [7, 11) is 0. The molecule has 7 heteroatoms. The molecule has 1 aromatic rings. The van der Waals surface area contributed by atoms with Gasteiger partial charge in [-0.25, -0.2) is 9.78 Å². The monoisotopic (exact) mass is 309 g/mol. The predicted octanol–water partition coefficient (Wildman–Crippen LogP) is 2.07. The Morgan fingerprint density at radius 2 is 2.10 bits per heavy atom. The van der Waals surface area contributed by atoms with E-state index in [2.05, 4.69) is 10.3 Å². The predicted molar refractivity (Wildman–Crippen MR) is 78.0 cm³/mol. The first kappa shape index (κ1) is 14.3. The Morgan fingerprint density at radius 3 is 2.67 bits per heavy atom. The van der Waals surface area contributed by atoms with Gasteiger partial charge in [0.25, 0.3) is 0 Å². The van der Waals surface area contributed by atoms with Gasteiger partial charge in [-0.2, -0.15) is 0 Å². The molecule has 21 heavy (non-hydrogen) atoms. The molecule has 1 aromatic heterocycles. The number of hydrogen-bond donors (Lipinski definition) is 2. The second-order valence-corrected chi connectivity index (χ2v) is 6.79. The molecule has 2 saturated heterocycles. The van der Waals surface area contributed by atoms with E-state index in [1.165, 1.54) is 11.3 Å². The van der Waals surface area contributed by atoms with Gasteiger partial charge in [0, 0.05) is 30.1 Å². The molecule has 0 spiro atoms. The van der Waals surface area contributed by atoms with Crippen molar-refractivity contribution in [2.75, 3.05) is 0 Å². The van der Waals surface area contributed by atoms with Gasteiger partial charge in [-0.1, -0.05) is 0 Å². The third kappa shape index (κ3) is 3.18. The molecule has 2 unspecified atom stereocenters. The first-order valence-corrected chi connectivity index (χ1v) is 8.17. The Kier molecular flexibility index (Phi) is 4.10. The fourth-order valence-electron chi connectivity index (χ4n) is 3.62. The topological polar surface area (TPSA) is 82.5 Å². The molecular weight excluding hydrogens is 290 g/mol. The van der Waals surface area contributed by atoms with Crippen molar-refractivity contribution in [3.05, 3.63) is 16.6 Å². The van der Waals surface area contributed by atoms with Crippen LogP contribution in [0.1, 0.15) is 37.1 Å². The molecule has 2 bridgehead atoms. The summed E-state index contributed by atoms with van der Waals surface area (Å²) in [6, 6.07) is 0.361. The Bertz CT molecular complexity index is 506. The van der Waals surface area contributed by atoms with Crippen molar-refractivity contribution in [3.63, 3.8) is 0 Å². The number of aliphatic carboxylic acids is 1. The summed E-state index contributed by atoms with van der Waals surface area (Å²) >= 11 is 1.53. The Balaban J connectivity index is 1.57. The number of aromatic nitrogens is 1. The van der Waals surface area contributed by atoms with Crippen LogP contribution in [0.3, 0.4) is 0 Å². The number of hydrogen-bond acceptors (Lipinski definition) is 4. The lowest BCUT2D eigenvalue weighted by Crippen LogP contribution is -2.50. The van der Waals surface area contributed by atoms with E-state index in [1.54, 1.807) is 6.20 Å². The summed E-state index contributed by atoms with van der Waals surface area (Å²) in [5.41, 5.74) is 0. The number of rotatable bonds is 4. The van der Waals surface area contributed by atoms with Crippen LogP contribution in [0.5, 0.6) is 0 Å². The number of carbonyl (C=O) groups excluding carboxylic acids is 1. The highest BCUT2D eigenvalue weighted by atomic mass is 32.1. The van der Waals surface area contributed by atoms with E-state index in [9.17, 15) is 9.59 Å². The maximum Gasteiger partial charge on any atom is 0.318 e. The first-order chi connectivity index (χ1) is 10.1. The largest absolute Gasteiger partial charge is 0.481 e. The summed E-state index contributed by atoms with van der Waals surface area (Å²) in [6.45, 7) is 0.463. The molecule has 3 rings (SSSR count). The number of nitrogens with one attached hydrogen (secondary N) is 1. The van der Waals surface area contributed by atoms with Gasteiger partial charge in [0.1, 0.15) is 5.01 Å². The van der Waals surface area contributed by atoms with Crippen molar-refractivity contribution >= 4 is 23.3 Å². The molecule has 3 heterocycles. The Labute approximate surface area is 127 Å². The molecule has 2 amide bonds. The van der Waals surface area contributed by atoms with Crippen LogP contribution in [0.4, 0.5) is 4.79 Å². The molecule has 0 aromatic carbocycles. The van der Waals surface area contributed by atoms with Crippen molar-refractivity contribution < 1.29 is 14.7 Å². The lowest BCUT2D eigenvalue weighted by molar-refractivity contribution is -0.138. The lowest BCUT2D eigenvalue weighted by Gasteiger charge is -2.38. The average molecular weight is 309 g/mol. The second-order valence-electron chi connectivity index (χ2n) is 5.81. The first-order valence-electron chi connectivity index (χ1n) is 7.30. The van der Waals surface area contributed by atoms with Crippen molar-refractivity contribution in [1.82, 2.24) is 15.2 Å². The van der Waals surface area contributed by atoms with Gasteiger partial charge in [-0.05, 0) is 31.6 Å². The standard InChI is InChI=1S/C14H19N3O3S/c18-13(19)7-9-5-10-1-2-11(6-9)17(10)14(20)16-8-12-15-3-4-21-12/h3-4,9-11H,1-2,5-8H2,(H,16,20)(H,18,19). The molecule has 114 valence electrons. The summed E-state index contributed by atoms with van der Waals surface area (Å²) < 4.78 is 0. The number of carbonyl (C=O) groups is 2. The van der Waals surface area contributed by atoms with E-state index < -0.39 is 5.97 Å². The normalized spacial score (nSPS) is 27.6. The van der Waals surface area contributed by atoms with E-state index in [0.717, 1.165) is 30.7 Å². The molecule has 2 N–H and O–H groups in total. The van der Waals surface area contributed by atoms with Gasteiger partial charge in [0.05, 0.1) is 6.54 Å². The SMILES string of the molecule is O=C(O)CC1CC2CCC(C1)N2C(=O)NCc1nccs1. The number of carboxylic acids is 1. The smallest absolute Gasteiger partial charge is 0.318 e. The minimum absolute atomic E-state index is 0.0357. The van der Waals surface area contributed by atoms with Crippen LogP contribution in [0.25, 0.3) is 0 Å². The van der Waals surface area contributed by atoms with Crippen molar-refractivity contribution in [3.8, 4) is 0 Å². The van der Waals surface area contributed by atoms with Gasteiger partial charge < -0.3 is 15.3 Å². The fourth-order valence-corrected chi connectivity index (χ4v) is 4.17. The number of piperidine rings is 1. The third-order valence-electron chi connectivity index (χ3n) is 4.40. The number of amides is 2. The highest BCUT2D eigenvalue weighted by Crippen LogP contribution is 2.39. The number of fused-ring (bicyclic) bond motifs is 2. The number of urea groups is 1. The molecule has 0 aliphatic carbocycles. The van der Waals surface area contributed by atoms with Crippen LogP contribution in [-0.2, 0) is 11.3 Å². The molecule has 2 fully saturated rings. The summed E-state index contributed by atoms with van der Waals surface area (Å²) in [5.74, 6) is -0.524. The molecule has 2 aliphatic heterocycles. The van der Waals surface area contributed by atoms with Gasteiger partial charge >= 0.3 is 12.0 Å². The Hall–Kier alpha value is -1.63. The highest BCUT2D eigenvalue weighted by molar-refractivity contribution is 7.09. The lowest BCUT2D eigenvalue weighted by atomic mass is 9.88. The molecule has 6 nitrogen and oxygen atoms in total. The van der Waals surface area contributed by atoms with Crippen LogP contribution >= 0.6 is 11.3 Å². The molecule has 0 radical (unpaired) electrons. The van der Waals surface area contributed by atoms with Gasteiger partial charge in [-0.3, -0.25) is 4.79 Å². The third-order valence-corrected chi connectivity index (χ3v) is 5.18. The summed E-state index contributed by atoms with van der Waals surface area (Å²) in [6.07, 6.45) is 5.56. The molecular formula is C14H19N3O3S. The van der Waals surface area contributed by atoms with Crippen molar-refractivity contribution in [2.24, 2.45) is 5.92 Å². The molecule has 2 aliphatic rings. The zero-order chi connectivity index (χ0) is 14.8. The molecule has 0 saturated carbocycles. The van der Waals surface area contributed by atoms with E-state index in [4.69, 9.17) is 5.11 Å². The maximum atomic E-state index is 12.4. The van der Waals surface area contributed by atoms with Crippen molar-refractivity contribution in [1.29, 1.82) is 0 Å². The van der Waals surface area contributed by atoms with Crippen LogP contribution in [0, 0.1) is 5.92 Å². The van der Waals surface area contributed by atoms with E-state index >= 15 is 0 Å². The number of carboxylic acid groups (broad SMARTS) is 1. The summed E-state index contributed by atoms with van der Waals surface area (Å²) in [5, 5.41) is 14.6.